The van der Waals surface area contributed by atoms with Gasteiger partial charge in [-0.25, -0.2) is 27.9 Å². The third kappa shape index (κ3) is 8.01. The molecule has 4 rings (SSSR count). The average molecular weight is 704 g/mol. The third-order valence-corrected chi connectivity index (χ3v) is 7.14. The molecular weight excluding hydrogens is 679 g/mol. The molecule has 2 unspecified atom stereocenters. The van der Waals surface area contributed by atoms with Crippen LogP contribution in [0.25, 0.3) is 16.8 Å². The Morgan fingerprint density at radius 2 is 1.77 bits per heavy atom. The predicted molar refractivity (Wildman–Crippen MR) is 157 cm³/mol. The number of aliphatic imine (C=N–C) groups is 1. The highest BCUT2D eigenvalue weighted by Crippen LogP contribution is 2.32. The summed E-state index contributed by atoms with van der Waals surface area (Å²) in [6, 6.07) is 5.63. The van der Waals surface area contributed by atoms with Crippen molar-refractivity contribution >= 4 is 29.6 Å². The Bertz CT molecular complexity index is 1780. The molecule has 2 aromatic heterocycles. The average Bonchev–Trinajstić information content (AvgIpc) is 3.74. The molecule has 0 saturated heterocycles. The molecule has 12 nitrogen and oxygen atoms in total. The Balaban J connectivity index is 1.75. The Morgan fingerprint density at radius 3 is 2.35 bits per heavy atom. The number of guanidine groups is 1. The van der Waals surface area contributed by atoms with Crippen LogP contribution in [0.2, 0.25) is 5.02 Å². The largest absolute Gasteiger partial charge is 0.447 e. The highest BCUT2D eigenvalue weighted by Gasteiger charge is 2.38. The smallest absolute Gasteiger partial charge is 0.408 e. The predicted octanol–water partition coefficient (Wildman–Crippen LogP) is 5.92. The zero-order chi connectivity index (χ0) is 35.3. The summed E-state index contributed by atoms with van der Waals surface area (Å²) in [5.74, 6) is -2.06. The van der Waals surface area contributed by atoms with Crippen molar-refractivity contribution in [2.45, 2.75) is 38.2 Å². The van der Waals surface area contributed by atoms with E-state index in [0.29, 0.717) is 22.7 Å². The van der Waals surface area contributed by atoms with E-state index in [0.717, 1.165) is 22.1 Å². The number of carbonyl (C=O) groups is 2. The molecule has 4 aromatic rings. The summed E-state index contributed by atoms with van der Waals surface area (Å²) in [7, 11) is 1.23. The van der Waals surface area contributed by atoms with Crippen molar-refractivity contribution in [3.8, 4) is 16.8 Å². The number of hydrogen-bond donors (Lipinski definition) is 2. The third-order valence-electron chi connectivity index (χ3n) is 6.82. The molecular formula is C28H25ClF7N9O3. The van der Waals surface area contributed by atoms with E-state index in [1.807, 2.05) is 0 Å². The maximum atomic E-state index is 14.0. The van der Waals surface area contributed by atoms with Crippen LogP contribution in [0.4, 0.5) is 35.5 Å². The van der Waals surface area contributed by atoms with E-state index in [2.05, 4.69) is 20.2 Å². The number of nitrogens with one attached hydrogen (secondary N) is 1. The number of alkyl halides is 7. The minimum Gasteiger partial charge on any atom is -0.447 e. The lowest BCUT2D eigenvalue weighted by Crippen LogP contribution is -2.47. The number of amides is 2. The van der Waals surface area contributed by atoms with Gasteiger partial charge < -0.3 is 15.8 Å². The van der Waals surface area contributed by atoms with Gasteiger partial charge in [-0.3, -0.25) is 14.7 Å². The number of aromatic nitrogens is 5. The summed E-state index contributed by atoms with van der Waals surface area (Å²) in [4.78, 5) is 34.6. The van der Waals surface area contributed by atoms with Crippen LogP contribution in [0.1, 0.15) is 47.7 Å². The van der Waals surface area contributed by atoms with Gasteiger partial charge in [-0.15, -0.1) is 0 Å². The fraction of sp³-hybridized carbons (Fsp3) is 0.286. The molecule has 2 atom stereocenters. The van der Waals surface area contributed by atoms with Gasteiger partial charge in [0, 0.05) is 24.4 Å². The van der Waals surface area contributed by atoms with E-state index in [9.17, 15) is 40.3 Å². The summed E-state index contributed by atoms with van der Waals surface area (Å²) in [6.45, 7) is -3.01. The van der Waals surface area contributed by atoms with Gasteiger partial charge in [-0.05, 0) is 42.3 Å². The SMILES string of the molecule is CN=C(N)N(C(=O)c1ccc(-c2cnn(C(F)F)c2)cc1)C(COC(=O)NC(C)C(F)(F)F)c1ccc(Cl)c(-n2ncnc2C(F)F)c1. The monoisotopic (exact) mass is 703 g/mol. The van der Waals surface area contributed by atoms with Crippen molar-refractivity contribution < 1.29 is 45.1 Å². The van der Waals surface area contributed by atoms with Crippen molar-refractivity contribution in [3.63, 3.8) is 0 Å². The fourth-order valence-electron chi connectivity index (χ4n) is 4.31. The van der Waals surface area contributed by atoms with Crippen LogP contribution in [-0.2, 0) is 4.74 Å². The second kappa shape index (κ2) is 14.7. The lowest BCUT2D eigenvalue weighted by atomic mass is 10.0. The molecule has 3 N–H and O–H groups in total. The van der Waals surface area contributed by atoms with Crippen LogP contribution in [0.3, 0.4) is 0 Å². The van der Waals surface area contributed by atoms with E-state index >= 15 is 0 Å². The summed E-state index contributed by atoms with van der Waals surface area (Å²) >= 11 is 6.30. The van der Waals surface area contributed by atoms with Crippen molar-refractivity contribution in [3.05, 3.63) is 83.2 Å². The standard InChI is InChI=1S/C28H25ClF7N9O3/c1-14(28(34,35)36)42-27(47)48-12-21(17-7-8-19(29)20(9-17)45-23(22(30)31)39-13-41-45)44(26(37)38-2)24(46)16-5-3-15(4-6-16)18-10-40-43(11-18)25(32)33/h3-11,13-14,21-22,25H,12H2,1-2H3,(H2,37,38)(H,42,47). The summed E-state index contributed by atoms with van der Waals surface area (Å²) in [6.07, 6.45) is -6.21. The van der Waals surface area contributed by atoms with Crippen molar-refractivity contribution in [1.29, 1.82) is 0 Å². The first kappa shape index (κ1) is 35.7. The van der Waals surface area contributed by atoms with Crippen LogP contribution in [0.5, 0.6) is 0 Å². The van der Waals surface area contributed by atoms with Crippen LogP contribution >= 0.6 is 11.6 Å². The molecule has 0 fully saturated rings. The minimum atomic E-state index is -4.80. The lowest BCUT2D eigenvalue weighted by Gasteiger charge is -2.31. The molecule has 2 heterocycles. The first-order chi connectivity index (χ1) is 22.6. The van der Waals surface area contributed by atoms with Gasteiger partial charge in [0.1, 0.15) is 19.0 Å². The highest BCUT2D eigenvalue weighted by atomic mass is 35.5. The van der Waals surface area contributed by atoms with E-state index in [1.165, 1.54) is 55.7 Å². The zero-order valence-electron chi connectivity index (χ0n) is 24.7. The van der Waals surface area contributed by atoms with E-state index in [1.54, 1.807) is 5.32 Å². The van der Waals surface area contributed by atoms with Crippen LogP contribution in [0.15, 0.2) is 66.2 Å². The first-order valence-electron chi connectivity index (χ1n) is 13.6. The molecule has 2 aromatic carbocycles. The number of alkyl carbamates (subject to hydrolysis) is 1. The van der Waals surface area contributed by atoms with Gasteiger partial charge in [0.05, 0.1) is 22.9 Å². The van der Waals surface area contributed by atoms with Gasteiger partial charge in [-0.1, -0.05) is 29.8 Å². The maximum Gasteiger partial charge on any atom is 0.408 e. The molecule has 0 aliphatic heterocycles. The molecule has 256 valence electrons. The van der Waals surface area contributed by atoms with Gasteiger partial charge in [0.15, 0.2) is 11.8 Å². The number of carbonyl (C=O) groups excluding carboxylic acids is 2. The Morgan fingerprint density at radius 1 is 1.08 bits per heavy atom. The number of rotatable bonds is 10. The fourth-order valence-corrected chi connectivity index (χ4v) is 4.51. The number of benzene rings is 2. The number of hydrogen-bond acceptors (Lipinski definition) is 7. The van der Waals surface area contributed by atoms with Gasteiger partial charge in [0.2, 0.25) is 0 Å². The molecule has 48 heavy (non-hydrogen) atoms. The number of ether oxygens (including phenoxy) is 1. The Labute approximate surface area is 271 Å². The topological polar surface area (TPSA) is 146 Å². The Kier molecular flexibility index (Phi) is 10.9. The molecule has 0 saturated carbocycles. The highest BCUT2D eigenvalue weighted by molar-refractivity contribution is 6.32. The number of nitrogens with two attached hydrogens (primary N) is 1. The molecule has 0 bridgehead atoms. The normalized spacial score (nSPS) is 13.5. The summed E-state index contributed by atoms with van der Waals surface area (Å²) < 4.78 is 98.7. The number of halogens is 8. The molecule has 20 heteroatoms. The van der Waals surface area contributed by atoms with Crippen molar-refractivity contribution in [2.24, 2.45) is 10.7 Å². The van der Waals surface area contributed by atoms with E-state index < -0.39 is 61.6 Å². The van der Waals surface area contributed by atoms with Crippen LogP contribution < -0.4 is 11.1 Å². The lowest BCUT2D eigenvalue weighted by molar-refractivity contribution is -0.150. The van der Waals surface area contributed by atoms with Crippen LogP contribution in [-0.4, -0.2) is 73.3 Å². The van der Waals surface area contributed by atoms with Crippen molar-refractivity contribution in [1.82, 2.24) is 34.8 Å². The molecule has 0 radical (unpaired) electrons. The summed E-state index contributed by atoms with van der Waals surface area (Å²) in [5.41, 5.74) is 6.76. The second-order valence-corrected chi connectivity index (χ2v) is 10.3. The van der Waals surface area contributed by atoms with E-state index in [-0.39, 0.29) is 21.8 Å². The number of nitrogens with zero attached hydrogens (tertiary/aromatic N) is 7. The molecule has 2 amide bonds. The second-order valence-electron chi connectivity index (χ2n) is 9.88. The van der Waals surface area contributed by atoms with Crippen molar-refractivity contribution in [2.75, 3.05) is 13.7 Å². The van der Waals surface area contributed by atoms with Crippen LogP contribution in [0, 0.1) is 0 Å². The quantitative estimate of drug-likeness (QED) is 0.118. The molecule has 0 aliphatic rings. The van der Waals surface area contributed by atoms with Gasteiger partial charge in [-0.2, -0.15) is 32.1 Å². The first-order valence-corrected chi connectivity index (χ1v) is 14.0. The Hall–Kier alpha value is -5.20. The molecule has 0 aliphatic carbocycles. The molecule has 0 spiro atoms. The maximum absolute atomic E-state index is 14.0. The van der Waals surface area contributed by atoms with Gasteiger partial charge >= 0.3 is 18.8 Å². The van der Waals surface area contributed by atoms with E-state index in [4.69, 9.17) is 22.1 Å². The zero-order valence-corrected chi connectivity index (χ0v) is 25.5. The minimum absolute atomic E-state index is 0.0304. The van der Waals surface area contributed by atoms with Gasteiger partial charge in [0.25, 0.3) is 12.3 Å². The summed E-state index contributed by atoms with van der Waals surface area (Å²) in [5, 5.41) is 8.91.